The summed E-state index contributed by atoms with van der Waals surface area (Å²) in [7, 11) is 0. The number of hydrogen-bond acceptors (Lipinski definition) is 5. The topological polar surface area (TPSA) is 72.3 Å². The van der Waals surface area contributed by atoms with Crippen LogP contribution < -0.4 is 5.32 Å². The van der Waals surface area contributed by atoms with E-state index in [2.05, 4.69) is 33.7 Å². The summed E-state index contributed by atoms with van der Waals surface area (Å²) in [6.07, 6.45) is 5.36. The summed E-state index contributed by atoms with van der Waals surface area (Å²) < 4.78 is 7.81. The average Bonchev–Trinajstić information content (AvgIpc) is 3.24. The Bertz CT molecular complexity index is 655. The van der Waals surface area contributed by atoms with Crippen LogP contribution in [0.4, 0.5) is 4.79 Å². The number of carbonyl (C=O) groups excluding carboxylic acids is 1. The van der Waals surface area contributed by atoms with E-state index in [0.717, 1.165) is 17.4 Å². The van der Waals surface area contributed by atoms with Crippen LogP contribution in [-0.4, -0.2) is 45.2 Å². The summed E-state index contributed by atoms with van der Waals surface area (Å²) >= 11 is 1.55. The van der Waals surface area contributed by atoms with Gasteiger partial charge < -0.3 is 19.5 Å². The second kappa shape index (κ2) is 7.76. The van der Waals surface area contributed by atoms with Crippen molar-refractivity contribution in [2.24, 2.45) is 5.92 Å². The van der Waals surface area contributed by atoms with Crippen LogP contribution >= 0.6 is 11.3 Å². The van der Waals surface area contributed by atoms with Gasteiger partial charge in [-0.1, -0.05) is 13.8 Å². The second-order valence-electron chi connectivity index (χ2n) is 6.22. The molecule has 0 saturated carbocycles. The molecule has 1 aliphatic rings. The summed E-state index contributed by atoms with van der Waals surface area (Å²) in [4.78, 5) is 22.9. The van der Waals surface area contributed by atoms with E-state index in [1.807, 2.05) is 11.6 Å². The number of morpholine rings is 1. The lowest BCUT2D eigenvalue weighted by Gasteiger charge is -2.32. The molecule has 3 rings (SSSR count). The first-order valence-electron chi connectivity index (χ1n) is 8.17. The zero-order valence-electron chi connectivity index (χ0n) is 14.0. The van der Waals surface area contributed by atoms with E-state index in [4.69, 9.17) is 4.74 Å². The van der Waals surface area contributed by atoms with Gasteiger partial charge in [-0.05, 0) is 5.92 Å². The van der Waals surface area contributed by atoms with Crippen LogP contribution in [0.15, 0.2) is 24.0 Å². The first kappa shape index (κ1) is 16.9. The Labute approximate surface area is 145 Å². The maximum atomic E-state index is 12.4. The number of hydrogen-bond donors (Lipinski definition) is 1. The summed E-state index contributed by atoms with van der Waals surface area (Å²) in [6.45, 7) is 7.30. The number of ether oxygens (including phenoxy) is 1. The van der Waals surface area contributed by atoms with Crippen LogP contribution in [0, 0.1) is 5.92 Å². The average molecular weight is 349 g/mol. The van der Waals surface area contributed by atoms with Crippen molar-refractivity contribution in [3.8, 4) is 0 Å². The zero-order chi connectivity index (χ0) is 16.9. The second-order valence-corrected chi connectivity index (χ2v) is 7.15. The number of rotatable bonds is 5. The summed E-state index contributed by atoms with van der Waals surface area (Å²) in [5, 5.41) is 5.80. The third kappa shape index (κ3) is 4.12. The molecule has 130 valence electrons. The van der Waals surface area contributed by atoms with Crippen molar-refractivity contribution in [2.45, 2.75) is 33.0 Å². The van der Waals surface area contributed by atoms with Crippen LogP contribution in [-0.2, 0) is 17.8 Å². The lowest BCUT2D eigenvalue weighted by Crippen LogP contribution is -2.47. The van der Waals surface area contributed by atoms with Gasteiger partial charge in [0.2, 0.25) is 0 Å². The van der Waals surface area contributed by atoms with Crippen molar-refractivity contribution in [3.05, 3.63) is 34.8 Å². The Morgan fingerprint density at radius 1 is 1.46 bits per heavy atom. The predicted octanol–water partition coefficient (Wildman–Crippen LogP) is 2.28. The van der Waals surface area contributed by atoms with Gasteiger partial charge in [0.05, 0.1) is 19.7 Å². The van der Waals surface area contributed by atoms with E-state index in [1.165, 1.54) is 0 Å². The van der Waals surface area contributed by atoms with Gasteiger partial charge in [-0.3, -0.25) is 0 Å². The molecule has 2 aromatic rings. The van der Waals surface area contributed by atoms with Crippen molar-refractivity contribution in [3.63, 3.8) is 0 Å². The molecule has 1 N–H and O–H groups in total. The van der Waals surface area contributed by atoms with Crippen LogP contribution in [0.3, 0.4) is 0 Å². The number of thiazole rings is 1. The van der Waals surface area contributed by atoms with Crippen LogP contribution in [0.1, 0.15) is 30.8 Å². The molecule has 0 unspecified atom stereocenters. The lowest BCUT2D eigenvalue weighted by molar-refractivity contribution is -0.0155. The third-order valence-corrected chi connectivity index (χ3v) is 4.71. The molecule has 1 atom stereocenters. The molecule has 0 aliphatic carbocycles. The molecule has 24 heavy (non-hydrogen) atoms. The van der Waals surface area contributed by atoms with E-state index in [0.29, 0.717) is 32.2 Å². The largest absolute Gasteiger partial charge is 0.367 e. The fourth-order valence-corrected chi connectivity index (χ4v) is 3.39. The molecule has 0 aromatic carbocycles. The molecular weight excluding hydrogens is 326 g/mol. The van der Waals surface area contributed by atoms with E-state index in [9.17, 15) is 4.79 Å². The van der Waals surface area contributed by atoms with Crippen molar-refractivity contribution in [1.29, 1.82) is 0 Å². The van der Waals surface area contributed by atoms with E-state index >= 15 is 0 Å². The third-order valence-electron chi connectivity index (χ3n) is 3.84. The first-order chi connectivity index (χ1) is 11.6. The van der Waals surface area contributed by atoms with Gasteiger partial charge in [-0.25, -0.2) is 14.8 Å². The molecule has 2 amide bonds. The minimum Gasteiger partial charge on any atom is -0.367 e. The van der Waals surface area contributed by atoms with Gasteiger partial charge in [0.25, 0.3) is 0 Å². The highest BCUT2D eigenvalue weighted by molar-refractivity contribution is 7.09. The Morgan fingerprint density at radius 2 is 2.33 bits per heavy atom. The maximum Gasteiger partial charge on any atom is 0.317 e. The SMILES string of the molecule is CC(C)Cn1ccnc1CNC(=O)N1CCO[C@H](c2nccs2)C1. The molecule has 0 spiro atoms. The monoisotopic (exact) mass is 349 g/mol. The van der Waals surface area contributed by atoms with E-state index in [1.54, 1.807) is 28.6 Å². The van der Waals surface area contributed by atoms with Gasteiger partial charge >= 0.3 is 6.03 Å². The Kier molecular flexibility index (Phi) is 5.47. The van der Waals surface area contributed by atoms with Gasteiger partial charge in [-0.15, -0.1) is 11.3 Å². The molecule has 0 bridgehead atoms. The quantitative estimate of drug-likeness (QED) is 0.899. The first-order valence-corrected chi connectivity index (χ1v) is 9.05. The molecule has 0 radical (unpaired) electrons. The number of carbonyl (C=O) groups is 1. The molecule has 1 saturated heterocycles. The van der Waals surface area contributed by atoms with Gasteiger partial charge in [0, 0.05) is 37.1 Å². The number of urea groups is 1. The fraction of sp³-hybridized carbons (Fsp3) is 0.562. The number of nitrogens with one attached hydrogen (secondary N) is 1. The Hall–Kier alpha value is -1.93. The molecular formula is C16H23N5O2S. The number of aromatic nitrogens is 3. The Balaban J connectivity index is 1.54. The van der Waals surface area contributed by atoms with Gasteiger partial charge in [-0.2, -0.15) is 0 Å². The highest BCUT2D eigenvalue weighted by Crippen LogP contribution is 2.23. The van der Waals surface area contributed by atoms with Gasteiger partial charge in [0.1, 0.15) is 16.9 Å². The number of imidazole rings is 1. The van der Waals surface area contributed by atoms with Crippen molar-refractivity contribution in [1.82, 2.24) is 24.8 Å². The minimum absolute atomic E-state index is 0.0843. The van der Waals surface area contributed by atoms with E-state index in [-0.39, 0.29) is 12.1 Å². The van der Waals surface area contributed by atoms with Crippen molar-refractivity contribution >= 4 is 17.4 Å². The highest BCUT2D eigenvalue weighted by Gasteiger charge is 2.26. The maximum absolute atomic E-state index is 12.4. The number of nitrogens with zero attached hydrogens (tertiary/aromatic N) is 4. The molecule has 7 nitrogen and oxygen atoms in total. The minimum atomic E-state index is -0.132. The van der Waals surface area contributed by atoms with Crippen LogP contribution in [0.25, 0.3) is 0 Å². The number of amides is 2. The fourth-order valence-electron chi connectivity index (χ4n) is 2.71. The normalized spacial score (nSPS) is 18.1. The molecule has 2 aromatic heterocycles. The Morgan fingerprint density at radius 3 is 3.08 bits per heavy atom. The predicted molar refractivity (Wildman–Crippen MR) is 91.7 cm³/mol. The molecule has 8 heteroatoms. The summed E-state index contributed by atoms with van der Waals surface area (Å²) in [5.41, 5.74) is 0. The van der Waals surface area contributed by atoms with Gasteiger partial charge in [0.15, 0.2) is 0 Å². The molecule has 1 aliphatic heterocycles. The lowest BCUT2D eigenvalue weighted by atomic mass is 10.2. The smallest absolute Gasteiger partial charge is 0.317 e. The highest BCUT2D eigenvalue weighted by atomic mass is 32.1. The van der Waals surface area contributed by atoms with Crippen LogP contribution in [0.2, 0.25) is 0 Å². The van der Waals surface area contributed by atoms with Crippen LogP contribution in [0.5, 0.6) is 0 Å². The molecule has 3 heterocycles. The zero-order valence-corrected chi connectivity index (χ0v) is 14.8. The summed E-state index contributed by atoms with van der Waals surface area (Å²) in [6, 6.07) is -0.0843. The van der Waals surface area contributed by atoms with Crippen molar-refractivity contribution < 1.29 is 9.53 Å². The standard InChI is InChI=1S/C16H23N5O2S/c1-12(2)10-20-5-3-17-14(20)9-19-16(22)21-6-7-23-13(11-21)15-18-4-8-24-15/h3-5,8,12-13H,6-7,9-11H2,1-2H3,(H,19,22)/t13-/m0/s1. The molecule has 1 fully saturated rings. The summed E-state index contributed by atoms with van der Waals surface area (Å²) in [5.74, 6) is 1.41. The van der Waals surface area contributed by atoms with E-state index < -0.39 is 0 Å². The van der Waals surface area contributed by atoms with Crippen molar-refractivity contribution in [2.75, 3.05) is 19.7 Å².